The summed E-state index contributed by atoms with van der Waals surface area (Å²) >= 11 is 0. The molecule has 10 heteroatoms. The van der Waals surface area contributed by atoms with Gasteiger partial charge in [0, 0.05) is 32.2 Å². The molecule has 1 aromatic carbocycles. The number of methoxy groups -OCH3 is 2. The fourth-order valence-electron chi connectivity index (χ4n) is 2.55. The Labute approximate surface area is 145 Å². The third kappa shape index (κ3) is 4.20. The van der Waals surface area contributed by atoms with Crippen LogP contribution in [0.1, 0.15) is 6.42 Å². The van der Waals surface area contributed by atoms with Gasteiger partial charge in [-0.3, -0.25) is 9.59 Å². The first kappa shape index (κ1) is 19.0. The van der Waals surface area contributed by atoms with Crippen LogP contribution in [0.5, 0.6) is 11.5 Å². The van der Waals surface area contributed by atoms with Crippen molar-refractivity contribution in [3.63, 3.8) is 0 Å². The lowest BCUT2D eigenvalue weighted by Crippen LogP contribution is -2.50. The van der Waals surface area contributed by atoms with E-state index in [-0.39, 0.29) is 31.1 Å². The molecule has 1 fully saturated rings. The van der Waals surface area contributed by atoms with Gasteiger partial charge in [0.2, 0.25) is 15.9 Å². The van der Waals surface area contributed by atoms with Crippen molar-refractivity contribution in [1.82, 2.24) is 9.21 Å². The molecule has 0 atom stereocenters. The number of carboxylic acid groups (broad SMARTS) is 1. The van der Waals surface area contributed by atoms with Crippen LogP contribution in [0.4, 0.5) is 0 Å². The minimum Gasteiger partial charge on any atom is -0.493 e. The number of carboxylic acids is 1. The van der Waals surface area contributed by atoms with E-state index in [4.69, 9.17) is 14.6 Å². The number of aliphatic carboxylic acids is 1. The standard InChI is InChI=1S/C15H20N2O7S/c1-23-12-4-3-11(9-13(12)24-2)25(21,22)17-7-5-16(6-8-17)14(18)10-15(19)20/h3-4,9H,5-8,10H2,1-2H3,(H,19,20). The van der Waals surface area contributed by atoms with E-state index in [1.807, 2.05) is 0 Å². The topological polar surface area (TPSA) is 113 Å². The summed E-state index contributed by atoms with van der Waals surface area (Å²) < 4.78 is 37.0. The summed E-state index contributed by atoms with van der Waals surface area (Å²) in [6.07, 6.45) is -0.595. The first-order chi connectivity index (χ1) is 11.8. The number of hydrogen-bond acceptors (Lipinski definition) is 6. The second kappa shape index (κ2) is 7.70. The first-order valence-corrected chi connectivity index (χ1v) is 8.95. The van der Waals surface area contributed by atoms with Gasteiger partial charge in [0.05, 0.1) is 19.1 Å². The van der Waals surface area contributed by atoms with Crippen LogP contribution in [-0.4, -0.2) is 75.0 Å². The Hall–Kier alpha value is -2.33. The SMILES string of the molecule is COc1ccc(S(=O)(=O)N2CCN(C(=O)CC(=O)O)CC2)cc1OC. The van der Waals surface area contributed by atoms with Crippen LogP contribution in [0, 0.1) is 0 Å². The molecule has 25 heavy (non-hydrogen) atoms. The lowest BCUT2D eigenvalue weighted by molar-refractivity contribution is -0.144. The lowest BCUT2D eigenvalue weighted by atomic mass is 10.3. The summed E-state index contributed by atoms with van der Waals surface area (Å²) in [6, 6.07) is 4.33. The molecular formula is C15H20N2O7S. The summed E-state index contributed by atoms with van der Waals surface area (Å²) in [6.45, 7) is 0.501. The van der Waals surface area contributed by atoms with E-state index in [2.05, 4.69) is 0 Å². The summed E-state index contributed by atoms with van der Waals surface area (Å²) in [5, 5.41) is 8.66. The minimum atomic E-state index is -3.75. The zero-order valence-electron chi connectivity index (χ0n) is 14.0. The van der Waals surface area contributed by atoms with Gasteiger partial charge in [-0.1, -0.05) is 0 Å². The molecular weight excluding hydrogens is 352 g/mol. The summed E-state index contributed by atoms with van der Waals surface area (Å²) in [4.78, 5) is 23.8. The van der Waals surface area contributed by atoms with Crippen molar-refractivity contribution in [2.24, 2.45) is 0 Å². The highest BCUT2D eigenvalue weighted by atomic mass is 32.2. The van der Waals surface area contributed by atoms with E-state index in [9.17, 15) is 18.0 Å². The van der Waals surface area contributed by atoms with Gasteiger partial charge in [-0.15, -0.1) is 0 Å². The van der Waals surface area contributed by atoms with Crippen molar-refractivity contribution in [1.29, 1.82) is 0 Å². The Morgan fingerprint density at radius 3 is 2.20 bits per heavy atom. The minimum absolute atomic E-state index is 0.0652. The Morgan fingerprint density at radius 2 is 1.68 bits per heavy atom. The number of carbonyl (C=O) groups excluding carboxylic acids is 1. The number of piperazine rings is 1. The molecule has 0 radical (unpaired) electrons. The molecule has 1 amide bonds. The van der Waals surface area contributed by atoms with Gasteiger partial charge in [0.25, 0.3) is 0 Å². The average molecular weight is 372 g/mol. The number of sulfonamides is 1. The van der Waals surface area contributed by atoms with E-state index < -0.39 is 28.3 Å². The molecule has 1 aliphatic rings. The fourth-order valence-corrected chi connectivity index (χ4v) is 3.98. The maximum Gasteiger partial charge on any atom is 0.312 e. The number of rotatable bonds is 6. The van der Waals surface area contributed by atoms with Gasteiger partial charge in [0.15, 0.2) is 11.5 Å². The highest BCUT2D eigenvalue weighted by Crippen LogP contribution is 2.30. The molecule has 1 aromatic rings. The molecule has 1 saturated heterocycles. The highest BCUT2D eigenvalue weighted by Gasteiger charge is 2.31. The maximum absolute atomic E-state index is 12.7. The predicted molar refractivity (Wildman–Crippen MR) is 87.1 cm³/mol. The monoisotopic (exact) mass is 372 g/mol. The second-order valence-electron chi connectivity index (χ2n) is 5.37. The number of amides is 1. The molecule has 0 bridgehead atoms. The van der Waals surface area contributed by atoms with Crippen molar-refractivity contribution in [3.05, 3.63) is 18.2 Å². The van der Waals surface area contributed by atoms with E-state index in [0.717, 1.165) is 0 Å². The Bertz CT molecular complexity index is 755. The van der Waals surface area contributed by atoms with Crippen LogP contribution < -0.4 is 9.47 Å². The molecule has 9 nitrogen and oxygen atoms in total. The van der Waals surface area contributed by atoms with Crippen molar-refractivity contribution in [2.45, 2.75) is 11.3 Å². The lowest BCUT2D eigenvalue weighted by Gasteiger charge is -2.33. The Morgan fingerprint density at radius 1 is 1.08 bits per heavy atom. The molecule has 0 aliphatic carbocycles. The molecule has 1 N–H and O–H groups in total. The second-order valence-corrected chi connectivity index (χ2v) is 7.31. The normalized spacial score (nSPS) is 15.7. The van der Waals surface area contributed by atoms with Crippen LogP contribution in [0.2, 0.25) is 0 Å². The molecule has 1 aliphatic heterocycles. The van der Waals surface area contributed by atoms with Crippen molar-refractivity contribution < 1.29 is 32.6 Å². The zero-order valence-corrected chi connectivity index (χ0v) is 14.8. The van der Waals surface area contributed by atoms with Crippen LogP contribution >= 0.6 is 0 Å². The van der Waals surface area contributed by atoms with Gasteiger partial charge in [-0.05, 0) is 12.1 Å². The first-order valence-electron chi connectivity index (χ1n) is 7.51. The largest absolute Gasteiger partial charge is 0.493 e. The third-order valence-corrected chi connectivity index (χ3v) is 5.78. The molecule has 1 heterocycles. The summed E-state index contributed by atoms with van der Waals surface area (Å²) in [7, 11) is -0.873. The number of carbonyl (C=O) groups is 2. The molecule has 2 rings (SSSR count). The molecule has 0 aromatic heterocycles. The molecule has 0 spiro atoms. The quantitative estimate of drug-likeness (QED) is 0.700. The predicted octanol–water partition coefficient (Wildman–Crippen LogP) is 0.0114. The highest BCUT2D eigenvalue weighted by molar-refractivity contribution is 7.89. The zero-order chi connectivity index (χ0) is 18.6. The number of nitrogens with zero attached hydrogens (tertiary/aromatic N) is 2. The Kier molecular flexibility index (Phi) is 5.85. The van der Waals surface area contributed by atoms with Gasteiger partial charge in [0.1, 0.15) is 6.42 Å². The van der Waals surface area contributed by atoms with E-state index in [1.54, 1.807) is 0 Å². The van der Waals surface area contributed by atoms with Crippen LogP contribution in [0.15, 0.2) is 23.1 Å². The van der Waals surface area contributed by atoms with Crippen LogP contribution in [-0.2, 0) is 19.6 Å². The van der Waals surface area contributed by atoms with Crippen molar-refractivity contribution >= 4 is 21.9 Å². The van der Waals surface area contributed by atoms with Gasteiger partial charge in [-0.25, -0.2) is 8.42 Å². The van der Waals surface area contributed by atoms with E-state index in [0.29, 0.717) is 11.5 Å². The summed E-state index contributed by atoms with van der Waals surface area (Å²) in [5.74, 6) is -0.995. The van der Waals surface area contributed by atoms with E-state index >= 15 is 0 Å². The van der Waals surface area contributed by atoms with Crippen molar-refractivity contribution in [3.8, 4) is 11.5 Å². The van der Waals surface area contributed by atoms with Gasteiger partial charge in [-0.2, -0.15) is 4.31 Å². The number of hydrogen-bond donors (Lipinski definition) is 1. The number of ether oxygens (including phenoxy) is 2. The maximum atomic E-state index is 12.7. The number of benzene rings is 1. The fraction of sp³-hybridized carbons (Fsp3) is 0.467. The van der Waals surface area contributed by atoms with Crippen LogP contribution in [0.3, 0.4) is 0 Å². The molecule has 138 valence electrons. The average Bonchev–Trinajstić information content (AvgIpc) is 2.60. The Balaban J connectivity index is 2.12. The van der Waals surface area contributed by atoms with Gasteiger partial charge >= 0.3 is 5.97 Å². The summed E-state index contributed by atoms with van der Waals surface area (Å²) in [5.41, 5.74) is 0. The van der Waals surface area contributed by atoms with Crippen LogP contribution in [0.25, 0.3) is 0 Å². The molecule has 0 saturated carbocycles. The third-order valence-electron chi connectivity index (χ3n) is 3.89. The van der Waals surface area contributed by atoms with Crippen molar-refractivity contribution in [2.75, 3.05) is 40.4 Å². The van der Waals surface area contributed by atoms with E-state index in [1.165, 1.54) is 41.6 Å². The van der Waals surface area contributed by atoms with Gasteiger partial charge < -0.3 is 19.5 Å². The smallest absolute Gasteiger partial charge is 0.312 e. The molecule has 0 unspecified atom stereocenters.